The zero-order chi connectivity index (χ0) is 18.8. The van der Waals surface area contributed by atoms with Crippen molar-refractivity contribution in [1.82, 2.24) is 5.32 Å². The molecule has 0 radical (unpaired) electrons. The number of nitrogens with one attached hydrogen (secondary N) is 1. The Balaban J connectivity index is 1.33. The normalized spacial score (nSPS) is 27.4. The molecule has 2 N–H and O–H groups in total. The fourth-order valence-electron chi connectivity index (χ4n) is 4.31. The Kier molecular flexibility index (Phi) is 5.28. The van der Waals surface area contributed by atoms with E-state index in [9.17, 15) is 9.90 Å². The zero-order valence-electron chi connectivity index (χ0n) is 15.7. The molecule has 2 aromatic carbocycles. The number of fused-ring (bicyclic) bond motifs is 1. The van der Waals surface area contributed by atoms with Crippen molar-refractivity contribution >= 4 is 5.78 Å². The van der Waals surface area contributed by atoms with Crippen LogP contribution in [0.5, 0.6) is 5.75 Å². The molecule has 1 fully saturated rings. The lowest BCUT2D eigenvalue weighted by Crippen LogP contribution is -2.44. The first kappa shape index (κ1) is 18.2. The van der Waals surface area contributed by atoms with Crippen molar-refractivity contribution in [1.29, 1.82) is 0 Å². The predicted octanol–water partition coefficient (Wildman–Crippen LogP) is 3.30. The highest BCUT2D eigenvalue weighted by molar-refractivity contribution is 6.00. The lowest BCUT2D eigenvalue weighted by atomic mass is 9.82. The van der Waals surface area contributed by atoms with E-state index in [0.29, 0.717) is 6.54 Å². The third-order valence-electron chi connectivity index (χ3n) is 5.87. The maximum absolute atomic E-state index is 12.8. The average Bonchev–Trinajstić information content (AvgIpc) is 3.02. The topological polar surface area (TPSA) is 58.6 Å². The molecule has 2 aliphatic rings. The summed E-state index contributed by atoms with van der Waals surface area (Å²) in [5.41, 5.74) is 3.25. The Morgan fingerprint density at radius 2 is 1.93 bits per heavy atom. The van der Waals surface area contributed by atoms with E-state index >= 15 is 0 Å². The van der Waals surface area contributed by atoms with Gasteiger partial charge in [0.2, 0.25) is 0 Å². The third-order valence-corrected chi connectivity index (χ3v) is 5.87. The van der Waals surface area contributed by atoms with Gasteiger partial charge in [0.05, 0.1) is 0 Å². The smallest absolute Gasteiger partial charge is 0.167 e. The molecule has 2 aromatic rings. The van der Waals surface area contributed by atoms with Crippen molar-refractivity contribution in [3.05, 3.63) is 65.2 Å². The molecule has 4 unspecified atom stereocenters. The van der Waals surface area contributed by atoms with Crippen LogP contribution in [0.1, 0.15) is 40.7 Å². The highest BCUT2D eigenvalue weighted by atomic mass is 16.5. The van der Waals surface area contributed by atoms with E-state index in [4.69, 9.17) is 4.74 Å². The molecule has 4 heteroatoms. The Labute approximate surface area is 160 Å². The molecule has 0 spiro atoms. The van der Waals surface area contributed by atoms with Gasteiger partial charge in [-0.15, -0.1) is 0 Å². The number of hydrogen-bond acceptors (Lipinski definition) is 4. The molecular weight excluding hydrogens is 338 g/mol. The number of hydrogen-bond donors (Lipinski definition) is 2. The van der Waals surface area contributed by atoms with Crippen LogP contribution < -0.4 is 10.1 Å². The summed E-state index contributed by atoms with van der Waals surface area (Å²) >= 11 is 0. The third kappa shape index (κ3) is 3.92. The number of benzene rings is 2. The van der Waals surface area contributed by atoms with Crippen LogP contribution >= 0.6 is 0 Å². The van der Waals surface area contributed by atoms with Crippen LogP contribution in [-0.2, 0) is 6.42 Å². The van der Waals surface area contributed by atoms with E-state index in [1.807, 2.05) is 42.5 Å². The number of aliphatic hydroxyl groups is 1. The monoisotopic (exact) mass is 365 g/mol. The van der Waals surface area contributed by atoms with Crippen molar-refractivity contribution in [3.63, 3.8) is 0 Å². The van der Waals surface area contributed by atoms with Gasteiger partial charge in [-0.25, -0.2) is 0 Å². The number of rotatable bonds is 5. The summed E-state index contributed by atoms with van der Waals surface area (Å²) in [5.74, 6) is 1.01. The van der Waals surface area contributed by atoms with Gasteiger partial charge in [0.1, 0.15) is 18.0 Å². The Morgan fingerprint density at radius 1 is 1.11 bits per heavy atom. The zero-order valence-corrected chi connectivity index (χ0v) is 15.7. The molecule has 0 heterocycles. The standard InChI is InChI=1S/C23H27NO3/c1-15-7-10-19-16(13-15)8-9-17(22(19)25)14-24-20-11-12-21(23(20)26)27-18-5-3-2-4-6-18/h2-7,10,13,17,20-21,23-24,26H,8-9,11-12,14H2,1H3. The van der Waals surface area contributed by atoms with Gasteiger partial charge in [-0.05, 0) is 50.3 Å². The predicted molar refractivity (Wildman–Crippen MR) is 105 cm³/mol. The van der Waals surface area contributed by atoms with E-state index in [0.717, 1.165) is 37.0 Å². The molecule has 2 aliphatic carbocycles. The summed E-state index contributed by atoms with van der Waals surface area (Å²) in [6.07, 6.45) is 2.73. The number of carbonyl (C=O) groups excluding carboxylic acids is 1. The Hall–Kier alpha value is -2.17. The van der Waals surface area contributed by atoms with E-state index in [1.54, 1.807) is 0 Å². The van der Waals surface area contributed by atoms with E-state index in [2.05, 4.69) is 18.3 Å². The van der Waals surface area contributed by atoms with Gasteiger partial charge in [-0.1, -0.05) is 42.0 Å². The van der Waals surface area contributed by atoms with Crippen molar-refractivity contribution in [2.75, 3.05) is 6.54 Å². The van der Waals surface area contributed by atoms with Gasteiger partial charge in [-0.2, -0.15) is 0 Å². The van der Waals surface area contributed by atoms with Crippen molar-refractivity contribution in [2.24, 2.45) is 5.92 Å². The van der Waals surface area contributed by atoms with Crippen LogP contribution in [-0.4, -0.2) is 35.7 Å². The molecule has 4 nitrogen and oxygen atoms in total. The van der Waals surface area contributed by atoms with Gasteiger partial charge < -0.3 is 15.2 Å². The molecule has 27 heavy (non-hydrogen) atoms. The second-order valence-electron chi connectivity index (χ2n) is 7.81. The fraction of sp³-hybridized carbons (Fsp3) is 0.435. The first-order chi connectivity index (χ1) is 13.1. The largest absolute Gasteiger partial charge is 0.488 e. The molecule has 4 rings (SSSR count). The molecule has 1 saturated carbocycles. The van der Waals surface area contributed by atoms with Crippen LogP contribution in [0, 0.1) is 12.8 Å². The van der Waals surface area contributed by atoms with Gasteiger partial charge >= 0.3 is 0 Å². The SMILES string of the molecule is Cc1ccc2c(c1)CCC(CNC1CCC(Oc3ccccc3)C1O)C2=O. The number of Topliss-reactive ketones (excluding diaryl/α,β-unsaturated/α-hetero) is 1. The van der Waals surface area contributed by atoms with Crippen LogP contribution in [0.3, 0.4) is 0 Å². The Bertz CT molecular complexity index is 805. The van der Waals surface area contributed by atoms with Crippen molar-refractivity contribution in [3.8, 4) is 5.75 Å². The van der Waals surface area contributed by atoms with Gasteiger partial charge in [0.25, 0.3) is 0 Å². The minimum atomic E-state index is -0.557. The molecular formula is C23H27NO3. The second-order valence-corrected chi connectivity index (χ2v) is 7.81. The fourth-order valence-corrected chi connectivity index (χ4v) is 4.31. The summed E-state index contributed by atoms with van der Waals surface area (Å²) < 4.78 is 5.93. The van der Waals surface area contributed by atoms with Crippen molar-refractivity contribution in [2.45, 2.75) is 50.9 Å². The maximum atomic E-state index is 12.8. The molecule has 0 saturated heterocycles. The summed E-state index contributed by atoms with van der Waals surface area (Å²) in [4.78, 5) is 12.8. The molecule has 0 bridgehead atoms. The highest BCUT2D eigenvalue weighted by Crippen LogP contribution is 2.28. The minimum Gasteiger partial charge on any atom is -0.488 e. The van der Waals surface area contributed by atoms with Gasteiger partial charge in [-0.3, -0.25) is 4.79 Å². The number of carbonyl (C=O) groups is 1. The van der Waals surface area contributed by atoms with E-state index < -0.39 is 6.10 Å². The number of ether oxygens (including phenoxy) is 1. The molecule has 0 amide bonds. The van der Waals surface area contributed by atoms with Crippen LogP contribution in [0.25, 0.3) is 0 Å². The molecule has 0 aromatic heterocycles. The Morgan fingerprint density at radius 3 is 2.74 bits per heavy atom. The molecule has 142 valence electrons. The summed E-state index contributed by atoms with van der Waals surface area (Å²) in [6, 6.07) is 15.7. The van der Waals surface area contributed by atoms with Gasteiger partial charge in [0.15, 0.2) is 5.78 Å². The van der Waals surface area contributed by atoms with E-state index in [1.165, 1.54) is 11.1 Å². The molecule has 4 atom stereocenters. The quantitative estimate of drug-likeness (QED) is 0.854. The first-order valence-electron chi connectivity index (χ1n) is 9.88. The lowest BCUT2D eigenvalue weighted by Gasteiger charge is -2.27. The average molecular weight is 365 g/mol. The second kappa shape index (κ2) is 7.83. The summed E-state index contributed by atoms with van der Waals surface area (Å²) in [6.45, 7) is 2.68. The van der Waals surface area contributed by atoms with Crippen LogP contribution in [0.2, 0.25) is 0 Å². The van der Waals surface area contributed by atoms with E-state index in [-0.39, 0.29) is 23.8 Å². The van der Waals surface area contributed by atoms with Crippen molar-refractivity contribution < 1.29 is 14.6 Å². The minimum absolute atomic E-state index is 0.0125. The lowest BCUT2D eigenvalue weighted by molar-refractivity contribution is 0.0441. The number of aryl methyl sites for hydroxylation is 2. The number of ketones is 1. The highest BCUT2D eigenvalue weighted by Gasteiger charge is 2.37. The first-order valence-corrected chi connectivity index (χ1v) is 9.88. The van der Waals surface area contributed by atoms with Crippen LogP contribution in [0.15, 0.2) is 48.5 Å². The van der Waals surface area contributed by atoms with Crippen LogP contribution in [0.4, 0.5) is 0 Å². The summed E-state index contributed by atoms with van der Waals surface area (Å²) in [5, 5.41) is 14.1. The molecule has 0 aliphatic heterocycles. The number of para-hydroxylation sites is 1. The van der Waals surface area contributed by atoms with Gasteiger partial charge in [0, 0.05) is 24.1 Å². The number of aliphatic hydroxyl groups excluding tert-OH is 1. The summed E-state index contributed by atoms with van der Waals surface area (Å²) in [7, 11) is 0. The maximum Gasteiger partial charge on any atom is 0.167 e.